The maximum Gasteiger partial charge on any atom is -0.0391 e. The molecule has 2 fully saturated rings. The molecule has 2 rings (SSSR count). The molecule has 0 heterocycles. The van der Waals surface area contributed by atoms with Gasteiger partial charge in [-0.3, -0.25) is 0 Å². The molecule has 102 valence electrons. The Balaban J connectivity index is 0.000000171. The minimum absolute atomic E-state index is 0.935. The van der Waals surface area contributed by atoms with Crippen molar-refractivity contribution in [3.8, 4) is 0 Å². The van der Waals surface area contributed by atoms with E-state index in [2.05, 4.69) is 27.7 Å². The van der Waals surface area contributed by atoms with Crippen LogP contribution in [0, 0.1) is 23.7 Å². The first kappa shape index (κ1) is 15.1. The van der Waals surface area contributed by atoms with Gasteiger partial charge in [0, 0.05) is 0 Å². The van der Waals surface area contributed by atoms with E-state index in [1.54, 1.807) is 0 Å². The molecule has 0 radical (unpaired) electrons. The van der Waals surface area contributed by atoms with Gasteiger partial charge in [0.1, 0.15) is 0 Å². The Morgan fingerprint density at radius 1 is 0.706 bits per heavy atom. The van der Waals surface area contributed by atoms with Gasteiger partial charge in [-0.05, 0) is 30.1 Å². The highest BCUT2D eigenvalue weighted by atomic mass is 14.2. The predicted molar refractivity (Wildman–Crippen MR) is 78.2 cm³/mol. The van der Waals surface area contributed by atoms with Crippen molar-refractivity contribution in [2.24, 2.45) is 23.7 Å². The minimum Gasteiger partial charge on any atom is -0.0625 e. The molecule has 0 amide bonds. The van der Waals surface area contributed by atoms with Gasteiger partial charge in [-0.15, -0.1) is 0 Å². The van der Waals surface area contributed by atoms with Gasteiger partial charge in [0.25, 0.3) is 0 Å². The van der Waals surface area contributed by atoms with E-state index in [1.165, 1.54) is 57.8 Å². The predicted octanol–water partition coefficient (Wildman–Crippen LogP) is 6.06. The van der Waals surface area contributed by atoms with Crippen LogP contribution >= 0.6 is 0 Å². The zero-order valence-electron chi connectivity index (χ0n) is 12.7. The van der Waals surface area contributed by atoms with E-state index in [4.69, 9.17) is 0 Å². The minimum atomic E-state index is 0.935. The Kier molecular flexibility index (Phi) is 7.23. The Hall–Kier alpha value is 0. The lowest BCUT2D eigenvalue weighted by Crippen LogP contribution is -2.12. The molecule has 0 N–H and O–H groups in total. The van der Waals surface area contributed by atoms with Crippen molar-refractivity contribution in [1.29, 1.82) is 0 Å². The molecule has 2 unspecified atom stereocenters. The Morgan fingerprint density at radius 2 is 1.24 bits per heavy atom. The molecule has 0 heteroatoms. The van der Waals surface area contributed by atoms with Crippen LogP contribution in [-0.2, 0) is 0 Å². The summed E-state index contributed by atoms with van der Waals surface area (Å²) in [4.78, 5) is 0. The Labute approximate surface area is 110 Å². The highest BCUT2D eigenvalue weighted by Crippen LogP contribution is 2.29. The summed E-state index contributed by atoms with van der Waals surface area (Å²) in [7, 11) is 0. The summed E-state index contributed by atoms with van der Waals surface area (Å²) in [5.41, 5.74) is 0. The highest BCUT2D eigenvalue weighted by molar-refractivity contribution is 4.68. The topological polar surface area (TPSA) is 0 Å². The molecule has 2 aliphatic rings. The molecular weight excluding hydrogens is 204 g/mol. The van der Waals surface area contributed by atoms with Crippen molar-refractivity contribution in [3.63, 3.8) is 0 Å². The average molecular weight is 238 g/mol. The van der Waals surface area contributed by atoms with Crippen molar-refractivity contribution in [2.45, 2.75) is 85.5 Å². The Bertz CT molecular complexity index is 168. The lowest BCUT2D eigenvalue weighted by Gasteiger charge is -2.24. The van der Waals surface area contributed by atoms with Crippen LogP contribution in [0.15, 0.2) is 0 Å². The van der Waals surface area contributed by atoms with E-state index in [-0.39, 0.29) is 0 Å². The van der Waals surface area contributed by atoms with Crippen molar-refractivity contribution in [2.75, 3.05) is 0 Å². The lowest BCUT2D eigenvalue weighted by molar-refractivity contribution is 0.279. The van der Waals surface area contributed by atoms with E-state index < -0.39 is 0 Å². The van der Waals surface area contributed by atoms with Crippen LogP contribution in [0.25, 0.3) is 0 Å². The third-order valence-corrected chi connectivity index (χ3v) is 4.79. The summed E-state index contributed by atoms with van der Waals surface area (Å²) in [5.74, 6) is 4.02. The van der Waals surface area contributed by atoms with Crippen LogP contribution in [0.3, 0.4) is 0 Å². The van der Waals surface area contributed by atoms with Gasteiger partial charge in [-0.25, -0.2) is 0 Å². The molecule has 2 atom stereocenters. The molecule has 2 saturated carbocycles. The maximum atomic E-state index is 2.37. The van der Waals surface area contributed by atoms with Gasteiger partial charge in [0.15, 0.2) is 0 Å². The van der Waals surface area contributed by atoms with Crippen LogP contribution in [0.1, 0.15) is 85.5 Å². The van der Waals surface area contributed by atoms with Gasteiger partial charge >= 0.3 is 0 Å². The normalized spacial score (nSPS) is 30.9. The smallest absolute Gasteiger partial charge is 0.0391 e. The van der Waals surface area contributed by atoms with Crippen LogP contribution in [0.5, 0.6) is 0 Å². The average Bonchev–Trinajstić information content (AvgIpc) is 2.30. The second-order valence-electron chi connectivity index (χ2n) is 7.02. The SMILES string of the molecule is CC(C)C1CCCCC1.CC1CCCC(C)C1. The van der Waals surface area contributed by atoms with E-state index in [0.717, 1.165) is 23.7 Å². The fraction of sp³-hybridized carbons (Fsp3) is 1.00. The monoisotopic (exact) mass is 238 g/mol. The molecule has 0 spiro atoms. The van der Waals surface area contributed by atoms with E-state index >= 15 is 0 Å². The van der Waals surface area contributed by atoms with E-state index in [1.807, 2.05) is 0 Å². The second kappa shape index (κ2) is 8.16. The fourth-order valence-corrected chi connectivity index (χ4v) is 3.54. The molecule has 17 heavy (non-hydrogen) atoms. The number of hydrogen-bond donors (Lipinski definition) is 0. The lowest BCUT2D eigenvalue weighted by atomic mass is 9.82. The van der Waals surface area contributed by atoms with Crippen LogP contribution in [0.2, 0.25) is 0 Å². The Morgan fingerprint density at radius 3 is 1.53 bits per heavy atom. The summed E-state index contributed by atoms with van der Waals surface area (Å²) >= 11 is 0. The number of rotatable bonds is 1. The second-order valence-corrected chi connectivity index (χ2v) is 7.02. The zero-order valence-corrected chi connectivity index (χ0v) is 12.7. The van der Waals surface area contributed by atoms with Gasteiger partial charge < -0.3 is 0 Å². The maximum absolute atomic E-state index is 2.37. The standard InChI is InChI=1S/C9H18.C8H16/c1-8(2)9-6-4-3-5-7-9;1-7-4-3-5-8(2)6-7/h8-9H,3-7H2,1-2H3;7-8H,3-6H2,1-2H3. The van der Waals surface area contributed by atoms with Gasteiger partial charge in [0.05, 0.1) is 0 Å². The van der Waals surface area contributed by atoms with Crippen LogP contribution in [-0.4, -0.2) is 0 Å². The van der Waals surface area contributed by atoms with Crippen molar-refractivity contribution in [1.82, 2.24) is 0 Å². The molecule has 0 aromatic carbocycles. The number of hydrogen-bond acceptors (Lipinski definition) is 0. The summed E-state index contributed by atoms with van der Waals surface area (Å²) < 4.78 is 0. The first-order valence-electron chi connectivity index (χ1n) is 8.09. The summed E-state index contributed by atoms with van der Waals surface area (Å²) in [5, 5.41) is 0. The fourth-order valence-electron chi connectivity index (χ4n) is 3.54. The molecular formula is C17H34. The summed E-state index contributed by atoms with van der Waals surface area (Å²) in [6.45, 7) is 9.46. The molecule has 0 aliphatic heterocycles. The molecule has 0 aromatic rings. The van der Waals surface area contributed by atoms with Crippen molar-refractivity contribution < 1.29 is 0 Å². The summed E-state index contributed by atoms with van der Waals surface area (Å²) in [6.07, 6.45) is 13.4. The van der Waals surface area contributed by atoms with Gasteiger partial charge in [-0.1, -0.05) is 79.1 Å². The molecule has 0 aromatic heterocycles. The van der Waals surface area contributed by atoms with Crippen LogP contribution in [0.4, 0.5) is 0 Å². The van der Waals surface area contributed by atoms with E-state index in [0.29, 0.717) is 0 Å². The third-order valence-electron chi connectivity index (χ3n) is 4.79. The molecule has 0 saturated heterocycles. The third kappa shape index (κ3) is 6.48. The quantitative estimate of drug-likeness (QED) is 0.521. The van der Waals surface area contributed by atoms with Crippen LogP contribution < -0.4 is 0 Å². The van der Waals surface area contributed by atoms with Gasteiger partial charge in [0.2, 0.25) is 0 Å². The van der Waals surface area contributed by atoms with Crippen molar-refractivity contribution in [3.05, 3.63) is 0 Å². The largest absolute Gasteiger partial charge is 0.0625 e. The highest BCUT2D eigenvalue weighted by Gasteiger charge is 2.15. The first-order valence-corrected chi connectivity index (χ1v) is 8.09. The van der Waals surface area contributed by atoms with E-state index in [9.17, 15) is 0 Å². The summed E-state index contributed by atoms with van der Waals surface area (Å²) in [6, 6.07) is 0. The molecule has 2 aliphatic carbocycles. The van der Waals surface area contributed by atoms with Crippen molar-refractivity contribution >= 4 is 0 Å². The van der Waals surface area contributed by atoms with Gasteiger partial charge in [-0.2, -0.15) is 0 Å². The first-order chi connectivity index (χ1) is 8.09. The molecule has 0 bridgehead atoms. The zero-order chi connectivity index (χ0) is 12.7. The molecule has 0 nitrogen and oxygen atoms in total.